The van der Waals surface area contributed by atoms with E-state index in [-0.39, 0.29) is 6.54 Å². The maximum absolute atomic E-state index is 12.2. The van der Waals surface area contributed by atoms with E-state index in [4.69, 9.17) is 9.47 Å². The summed E-state index contributed by atoms with van der Waals surface area (Å²) in [7, 11) is 3.04. The van der Waals surface area contributed by atoms with Crippen LogP contribution in [0.25, 0.3) is 0 Å². The lowest BCUT2D eigenvalue weighted by atomic mass is 9.95. The Kier molecular flexibility index (Phi) is 4.82. The number of β-amino-alcohol motifs (C(OH)–C–C–N with tert-alkyl or cyclic N) is 1. The Morgan fingerprint density at radius 3 is 2.38 bits per heavy atom. The first-order valence-electron chi connectivity index (χ1n) is 7.71. The summed E-state index contributed by atoms with van der Waals surface area (Å²) >= 11 is 0. The van der Waals surface area contributed by atoms with Crippen molar-refractivity contribution in [2.75, 3.05) is 25.7 Å². The van der Waals surface area contributed by atoms with Gasteiger partial charge in [-0.1, -0.05) is 0 Å². The van der Waals surface area contributed by atoms with Crippen molar-refractivity contribution in [2.45, 2.75) is 19.0 Å². The monoisotopic (exact) mass is 370 g/mol. The molecule has 9 heteroatoms. The van der Waals surface area contributed by atoms with E-state index in [1.807, 2.05) is 0 Å². The number of benzene rings is 1. The fourth-order valence-electron chi connectivity index (χ4n) is 3.00. The van der Waals surface area contributed by atoms with Gasteiger partial charge in [0.05, 0.1) is 27.0 Å². The molecule has 0 bridgehead atoms. The lowest BCUT2D eigenvalue weighted by Gasteiger charge is -2.34. The minimum absolute atomic E-state index is 0.211. The molecule has 1 aromatic carbocycles. The number of nitrogens with zero attached hydrogens (tertiary/aromatic N) is 2. The number of ether oxygens (including phenoxy) is 3. The van der Waals surface area contributed by atoms with E-state index in [1.54, 1.807) is 17.0 Å². The Hall–Kier alpha value is -2.68. The number of hydrogen-bond acceptors (Lipinski definition) is 6. The van der Waals surface area contributed by atoms with Crippen LogP contribution < -0.4 is 19.1 Å². The molecule has 1 aliphatic heterocycles. The number of pyridine rings is 1. The molecule has 2 heterocycles. The van der Waals surface area contributed by atoms with Crippen molar-refractivity contribution in [3.63, 3.8) is 0 Å². The third-order valence-corrected chi connectivity index (χ3v) is 4.07. The van der Waals surface area contributed by atoms with Gasteiger partial charge in [-0.2, -0.15) is 0 Å². The largest absolute Gasteiger partial charge is 0.573 e. The predicted molar refractivity (Wildman–Crippen MR) is 86.5 cm³/mol. The lowest BCUT2D eigenvalue weighted by molar-refractivity contribution is -0.274. The molecule has 0 spiro atoms. The first-order valence-corrected chi connectivity index (χ1v) is 7.71. The minimum Gasteiger partial charge on any atom is -0.496 e. The normalized spacial score (nSPS) is 16.8. The molecular weight excluding hydrogens is 353 g/mol. The van der Waals surface area contributed by atoms with Crippen LogP contribution in [0, 0.1) is 0 Å². The average Bonchev–Trinajstić information content (AvgIpc) is 2.60. The molecule has 6 nitrogen and oxygen atoms in total. The quantitative estimate of drug-likeness (QED) is 0.893. The molecule has 0 aliphatic carbocycles. The van der Waals surface area contributed by atoms with Crippen LogP contribution in [0.2, 0.25) is 0 Å². The molecule has 0 radical (unpaired) electrons. The van der Waals surface area contributed by atoms with E-state index in [9.17, 15) is 18.3 Å². The number of aliphatic hydroxyl groups is 1. The second-order valence-electron chi connectivity index (χ2n) is 5.66. The van der Waals surface area contributed by atoms with E-state index >= 15 is 0 Å². The first-order chi connectivity index (χ1) is 12.3. The van der Waals surface area contributed by atoms with Crippen molar-refractivity contribution in [2.24, 2.45) is 0 Å². The first kappa shape index (κ1) is 18.1. The van der Waals surface area contributed by atoms with E-state index in [1.165, 1.54) is 26.4 Å². The zero-order chi connectivity index (χ0) is 18.9. The van der Waals surface area contributed by atoms with Crippen LogP contribution in [0.1, 0.15) is 17.2 Å². The average molecular weight is 370 g/mol. The molecule has 1 aromatic heterocycles. The van der Waals surface area contributed by atoms with Gasteiger partial charge in [0.1, 0.15) is 29.2 Å². The van der Waals surface area contributed by atoms with Gasteiger partial charge in [0, 0.05) is 17.7 Å². The van der Waals surface area contributed by atoms with Gasteiger partial charge in [-0.3, -0.25) is 0 Å². The van der Waals surface area contributed by atoms with Crippen LogP contribution in [-0.2, 0) is 6.54 Å². The molecule has 0 saturated carbocycles. The van der Waals surface area contributed by atoms with Crippen LogP contribution in [0.5, 0.6) is 17.2 Å². The van der Waals surface area contributed by atoms with Crippen molar-refractivity contribution in [3.05, 3.63) is 41.6 Å². The predicted octanol–water partition coefficient (Wildman–Crippen LogP) is 3.05. The zero-order valence-corrected chi connectivity index (χ0v) is 14.1. The van der Waals surface area contributed by atoms with Crippen LogP contribution >= 0.6 is 0 Å². The fourth-order valence-corrected chi connectivity index (χ4v) is 3.00. The molecule has 1 atom stereocenters. The standard InChI is InChI=1S/C17H17F3N2O4/c1-24-13-4-5-14(25-2)16-11(13)8-22(9-12(16)23)15-6-3-10(7-21-15)26-17(18,19)20/h3-7,12,23H,8-9H2,1-2H3. The molecule has 0 amide bonds. The van der Waals surface area contributed by atoms with Crippen molar-refractivity contribution < 1.29 is 32.5 Å². The molecule has 0 fully saturated rings. The Morgan fingerprint density at radius 2 is 1.81 bits per heavy atom. The van der Waals surface area contributed by atoms with Crippen molar-refractivity contribution in [3.8, 4) is 17.2 Å². The van der Waals surface area contributed by atoms with Gasteiger partial charge in [-0.15, -0.1) is 13.2 Å². The highest BCUT2D eigenvalue weighted by Crippen LogP contribution is 2.40. The highest BCUT2D eigenvalue weighted by Gasteiger charge is 2.32. The topological polar surface area (TPSA) is 64.1 Å². The highest BCUT2D eigenvalue weighted by molar-refractivity contribution is 5.55. The molecular formula is C17H17F3N2O4. The Bertz CT molecular complexity index is 781. The molecule has 2 aromatic rings. The number of methoxy groups -OCH3 is 2. The molecule has 26 heavy (non-hydrogen) atoms. The summed E-state index contributed by atoms with van der Waals surface area (Å²) < 4.78 is 51.2. The van der Waals surface area contributed by atoms with Gasteiger partial charge in [0.15, 0.2) is 0 Å². The molecule has 3 rings (SSSR count). The van der Waals surface area contributed by atoms with Crippen LogP contribution in [0.3, 0.4) is 0 Å². The second kappa shape index (κ2) is 6.91. The number of anilines is 1. The lowest BCUT2D eigenvalue weighted by Crippen LogP contribution is -2.34. The number of halogens is 3. The number of alkyl halides is 3. The molecule has 1 unspecified atom stereocenters. The van der Waals surface area contributed by atoms with Crippen molar-refractivity contribution in [1.82, 2.24) is 4.98 Å². The molecule has 1 aliphatic rings. The summed E-state index contributed by atoms with van der Waals surface area (Å²) in [6, 6.07) is 6.05. The summed E-state index contributed by atoms with van der Waals surface area (Å²) in [6.07, 6.45) is -4.64. The van der Waals surface area contributed by atoms with E-state index in [0.29, 0.717) is 29.4 Å². The molecule has 1 N–H and O–H groups in total. The number of aliphatic hydroxyl groups excluding tert-OH is 1. The number of aromatic nitrogens is 1. The van der Waals surface area contributed by atoms with E-state index in [2.05, 4.69) is 9.72 Å². The number of fused-ring (bicyclic) bond motifs is 1. The van der Waals surface area contributed by atoms with Gasteiger partial charge in [-0.25, -0.2) is 4.98 Å². The molecule has 0 saturated heterocycles. The van der Waals surface area contributed by atoms with E-state index in [0.717, 1.165) is 11.8 Å². The minimum atomic E-state index is -4.77. The van der Waals surface area contributed by atoms with Crippen molar-refractivity contribution >= 4 is 5.82 Å². The van der Waals surface area contributed by atoms with E-state index < -0.39 is 18.2 Å². The third-order valence-electron chi connectivity index (χ3n) is 4.07. The summed E-state index contributed by atoms with van der Waals surface area (Å²) in [5.74, 6) is 1.14. The Balaban J connectivity index is 1.89. The maximum Gasteiger partial charge on any atom is 0.573 e. The van der Waals surface area contributed by atoms with Gasteiger partial charge in [0.25, 0.3) is 0 Å². The fraction of sp³-hybridized carbons (Fsp3) is 0.353. The maximum atomic E-state index is 12.2. The zero-order valence-electron chi connectivity index (χ0n) is 14.1. The summed E-state index contributed by atoms with van der Waals surface area (Å²) in [4.78, 5) is 5.75. The van der Waals surface area contributed by atoms with Crippen molar-refractivity contribution in [1.29, 1.82) is 0 Å². The van der Waals surface area contributed by atoms with Gasteiger partial charge in [0.2, 0.25) is 0 Å². The van der Waals surface area contributed by atoms with Gasteiger partial charge in [-0.05, 0) is 24.3 Å². The number of hydrogen-bond donors (Lipinski definition) is 1. The third kappa shape index (κ3) is 3.62. The summed E-state index contributed by atoms with van der Waals surface area (Å²) in [5, 5.41) is 10.6. The SMILES string of the molecule is COc1ccc(OC)c2c1CN(c1ccc(OC(F)(F)F)cn1)CC2O. The second-order valence-corrected chi connectivity index (χ2v) is 5.66. The smallest absolute Gasteiger partial charge is 0.496 e. The Morgan fingerprint density at radius 1 is 1.12 bits per heavy atom. The van der Waals surface area contributed by atoms with Gasteiger partial charge < -0.3 is 24.2 Å². The van der Waals surface area contributed by atoms with Crippen LogP contribution in [0.15, 0.2) is 30.5 Å². The summed E-state index contributed by atoms with van der Waals surface area (Å²) in [5.41, 5.74) is 1.38. The van der Waals surface area contributed by atoms with Crippen LogP contribution in [-0.4, -0.2) is 37.2 Å². The molecule has 140 valence electrons. The van der Waals surface area contributed by atoms with Crippen LogP contribution in [0.4, 0.5) is 19.0 Å². The Labute approximate surface area is 147 Å². The van der Waals surface area contributed by atoms with Gasteiger partial charge >= 0.3 is 6.36 Å². The number of rotatable bonds is 4. The highest BCUT2D eigenvalue weighted by atomic mass is 19.4. The summed E-state index contributed by atoms with van der Waals surface area (Å²) in [6.45, 7) is 0.572.